The van der Waals surface area contributed by atoms with E-state index in [1.165, 1.54) is 6.07 Å². The van der Waals surface area contributed by atoms with E-state index >= 15 is 0 Å². The summed E-state index contributed by atoms with van der Waals surface area (Å²) in [5, 5.41) is 2.58. The summed E-state index contributed by atoms with van der Waals surface area (Å²) in [6, 6.07) is 6.53. The first kappa shape index (κ1) is 17.0. The van der Waals surface area contributed by atoms with Gasteiger partial charge in [-0.05, 0) is 51.9 Å². The van der Waals surface area contributed by atoms with Crippen LogP contribution in [0.2, 0.25) is 0 Å². The van der Waals surface area contributed by atoms with Crippen LogP contribution < -0.4 is 5.32 Å². The van der Waals surface area contributed by atoms with E-state index in [-0.39, 0.29) is 10.8 Å². The molecule has 1 saturated heterocycles. The summed E-state index contributed by atoms with van der Waals surface area (Å²) in [6.45, 7) is 5.50. The van der Waals surface area contributed by atoms with Crippen LogP contribution in [0.3, 0.4) is 0 Å². The minimum Gasteiger partial charge on any atom is -0.338 e. The lowest BCUT2D eigenvalue weighted by atomic mass is 10.1. The Hall–Kier alpha value is -1.40. The second-order valence-electron chi connectivity index (χ2n) is 6.05. The Morgan fingerprint density at radius 2 is 2.05 bits per heavy atom. The standard InChI is InChI=1S/C16H24N2O3S/c1-12(2)22(20,21)15-7-5-4-6-14(15)16(19)18-9-8-13(11-18)10-17-3/h4-7,12-13,17H,8-11H2,1-3H3. The van der Waals surface area contributed by atoms with Crippen molar-refractivity contribution in [2.24, 2.45) is 5.92 Å². The molecule has 0 bridgehead atoms. The molecule has 1 unspecified atom stereocenters. The normalized spacial score (nSPS) is 18.9. The van der Waals surface area contributed by atoms with E-state index in [4.69, 9.17) is 0 Å². The molecular weight excluding hydrogens is 300 g/mol. The fraction of sp³-hybridized carbons (Fsp3) is 0.562. The van der Waals surface area contributed by atoms with E-state index in [1.54, 1.807) is 36.9 Å². The van der Waals surface area contributed by atoms with Gasteiger partial charge in [0.05, 0.1) is 15.7 Å². The van der Waals surface area contributed by atoms with Crippen molar-refractivity contribution >= 4 is 15.7 Å². The number of carbonyl (C=O) groups is 1. The molecule has 0 saturated carbocycles. The van der Waals surface area contributed by atoms with Crippen molar-refractivity contribution in [3.05, 3.63) is 29.8 Å². The topological polar surface area (TPSA) is 66.5 Å². The van der Waals surface area contributed by atoms with Crippen molar-refractivity contribution in [2.45, 2.75) is 30.4 Å². The van der Waals surface area contributed by atoms with Crippen LogP contribution >= 0.6 is 0 Å². The molecule has 1 N–H and O–H groups in total. The maximum atomic E-state index is 12.7. The molecule has 1 aliphatic heterocycles. The monoisotopic (exact) mass is 324 g/mol. The fourth-order valence-corrected chi connectivity index (χ4v) is 4.03. The number of nitrogens with zero attached hydrogens (tertiary/aromatic N) is 1. The van der Waals surface area contributed by atoms with Gasteiger partial charge in [0, 0.05) is 13.1 Å². The molecule has 1 heterocycles. The third kappa shape index (κ3) is 3.33. The van der Waals surface area contributed by atoms with Crippen molar-refractivity contribution in [2.75, 3.05) is 26.7 Å². The molecule has 1 fully saturated rings. The summed E-state index contributed by atoms with van der Waals surface area (Å²) >= 11 is 0. The van der Waals surface area contributed by atoms with Gasteiger partial charge in [-0.3, -0.25) is 4.79 Å². The van der Waals surface area contributed by atoms with Gasteiger partial charge in [-0.15, -0.1) is 0 Å². The Labute approximate surface area is 132 Å². The highest BCUT2D eigenvalue weighted by molar-refractivity contribution is 7.92. The molecule has 1 aliphatic rings. The Balaban J connectivity index is 2.29. The van der Waals surface area contributed by atoms with Crippen molar-refractivity contribution < 1.29 is 13.2 Å². The molecule has 0 radical (unpaired) electrons. The molecule has 0 aromatic heterocycles. The van der Waals surface area contributed by atoms with Gasteiger partial charge in [-0.1, -0.05) is 12.1 Å². The lowest BCUT2D eigenvalue weighted by Crippen LogP contribution is -2.31. The predicted molar refractivity (Wildman–Crippen MR) is 86.7 cm³/mol. The average Bonchev–Trinajstić information content (AvgIpc) is 2.95. The van der Waals surface area contributed by atoms with Crippen molar-refractivity contribution in [3.8, 4) is 0 Å². The van der Waals surface area contributed by atoms with Crippen molar-refractivity contribution in [1.29, 1.82) is 0 Å². The zero-order valence-electron chi connectivity index (χ0n) is 13.4. The highest BCUT2D eigenvalue weighted by atomic mass is 32.2. The number of carbonyl (C=O) groups excluding carboxylic acids is 1. The number of hydrogen-bond acceptors (Lipinski definition) is 4. The molecule has 1 amide bonds. The molecule has 1 aromatic rings. The van der Waals surface area contributed by atoms with Gasteiger partial charge in [-0.2, -0.15) is 0 Å². The third-order valence-electron chi connectivity index (χ3n) is 4.11. The number of rotatable bonds is 5. The quantitative estimate of drug-likeness (QED) is 0.892. The highest BCUT2D eigenvalue weighted by Crippen LogP contribution is 2.24. The van der Waals surface area contributed by atoms with E-state index in [2.05, 4.69) is 5.32 Å². The lowest BCUT2D eigenvalue weighted by Gasteiger charge is -2.19. The zero-order valence-corrected chi connectivity index (χ0v) is 14.2. The molecule has 0 aliphatic carbocycles. The first-order valence-electron chi connectivity index (χ1n) is 7.64. The average molecular weight is 324 g/mol. The van der Waals surface area contributed by atoms with Crippen LogP contribution in [0.5, 0.6) is 0 Å². The van der Waals surface area contributed by atoms with E-state index < -0.39 is 15.1 Å². The summed E-state index contributed by atoms with van der Waals surface area (Å²) in [5.74, 6) is 0.251. The number of likely N-dealkylation sites (tertiary alicyclic amines) is 1. The van der Waals surface area contributed by atoms with Crippen LogP contribution in [0.4, 0.5) is 0 Å². The Morgan fingerprint density at radius 1 is 1.36 bits per heavy atom. The molecule has 6 heteroatoms. The minimum absolute atomic E-state index is 0.145. The molecule has 0 spiro atoms. The molecule has 1 atom stereocenters. The minimum atomic E-state index is -3.47. The van der Waals surface area contributed by atoms with Crippen LogP contribution in [-0.4, -0.2) is 51.2 Å². The van der Waals surface area contributed by atoms with E-state index in [0.717, 1.165) is 13.0 Å². The predicted octanol–water partition coefficient (Wildman–Crippen LogP) is 1.55. The first-order chi connectivity index (χ1) is 10.4. The van der Waals surface area contributed by atoms with Gasteiger partial charge in [0.15, 0.2) is 9.84 Å². The van der Waals surface area contributed by atoms with Gasteiger partial charge >= 0.3 is 0 Å². The molecular formula is C16H24N2O3S. The van der Waals surface area contributed by atoms with Gasteiger partial charge in [0.1, 0.15) is 0 Å². The van der Waals surface area contributed by atoms with Gasteiger partial charge < -0.3 is 10.2 Å². The Kier molecular flexibility index (Phi) is 5.24. The lowest BCUT2D eigenvalue weighted by molar-refractivity contribution is 0.0783. The fourth-order valence-electron chi connectivity index (χ4n) is 2.79. The van der Waals surface area contributed by atoms with Crippen LogP contribution in [0.15, 0.2) is 29.2 Å². The molecule has 5 nitrogen and oxygen atoms in total. The van der Waals surface area contributed by atoms with Gasteiger partial charge in [0.2, 0.25) is 0 Å². The third-order valence-corrected chi connectivity index (χ3v) is 6.32. The van der Waals surface area contributed by atoms with Crippen LogP contribution in [0.25, 0.3) is 0 Å². The summed E-state index contributed by atoms with van der Waals surface area (Å²) < 4.78 is 24.9. The summed E-state index contributed by atoms with van der Waals surface area (Å²) in [6.07, 6.45) is 0.950. The summed E-state index contributed by atoms with van der Waals surface area (Å²) in [4.78, 5) is 14.6. The van der Waals surface area contributed by atoms with Gasteiger partial charge in [0.25, 0.3) is 5.91 Å². The van der Waals surface area contributed by atoms with Crippen LogP contribution in [0.1, 0.15) is 30.6 Å². The number of hydrogen-bond donors (Lipinski definition) is 1. The number of nitrogens with one attached hydrogen (secondary N) is 1. The molecule has 2 rings (SSSR count). The maximum absolute atomic E-state index is 12.7. The van der Waals surface area contributed by atoms with Crippen LogP contribution in [-0.2, 0) is 9.84 Å². The van der Waals surface area contributed by atoms with Crippen molar-refractivity contribution in [1.82, 2.24) is 10.2 Å². The maximum Gasteiger partial charge on any atom is 0.255 e. The van der Waals surface area contributed by atoms with Crippen molar-refractivity contribution in [3.63, 3.8) is 0 Å². The second-order valence-corrected chi connectivity index (χ2v) is 8.53. The largest absolute Gasteiger partial charge is 0.338 e. The van der Waals surface area contributed by atoms with Gasteiger partial charge in [-0.25, -0.2) is 8.42 Å². The number of amides is 1. The van der Waals surface area contributed by atoms with E-state index in [0.29, 0.717) is 24.6 Å². The first-order valence-corrected chi connectivity index (χ1v) is 9.19. The van der Waals surface area contributed by atoms with Crippen LogP contribution in [0, 0.1) is 5.92 Å². The van der Waals surface area contributed by atoms with E-state index in [1.807, 2.05) is 7.05 Å². The SMILES string of the molecule is CNCC1CCN(C(=O)c2ccccc2S(=O)(=O)C(C)C)C1. The molecule has 1 aromatic carbocycles. The number of benzene rings is 1. The Bertz CT molecular complexity index is 641. The second kappa shape index (κ2) is 6.79. The summed E-state index contributed by atoms with van der Waals surface area (Å²) in [5.41, 5.74) is 0.293. The summed E-state index contributed by atoms with van der Waals surface area (Å²) in [7, 11) is -1.57. The highest BCUT2D eigenvalue weighted by Gasteiger charge is 2.31. The molecule has 122 valence electrons. The Morgan fingerprint density at radius 3 is 2.68 bits per heavy atom. The zero-order chi connectivity index (χ0) is 16.3. The van der Waals surface area contributed by atoms with E-state index in [9.17, 15) is 13.2 Å². The molecule has 22 heavy (non-hydrogen) atoms. The number of sulfone groups is 1. The smallest absolute Gasteiger partial charge is 0.255 e.